The number of ether oxygens (including phenoxy) is 1. The summed E-state index contributed by atoms with van der Waals surface area (Å²) in [4.78, 5) is 0. The smallest absolute Gasteiger partial charge is 0.119 e. The van der Waals surface area contributed by atoms with Gasteiger partial charge in [-0.15, -0.1) is 0 Å². The molecule has 0 saturated carbocycles. The fourth-order valence-electron chi connectivity index (χ4n) is 1.78. The summed E-state index contributed by atoms with van der Waals surface area (Å²) >= 11 is 0. The molecule has 0 aliphatic carbocycles. The summed E-state index contributed by atoms with van der Waals surface area (Å²) in [6.45, 7) is 7.06. The van der Waals surface area contributed by atoms with Crippen LogP contribution in [0.15, 0.2) is 24.3 Å². The molecule has 0 aliphatic rings. The molecular weight excluding hydrogens is 210 g/mol. The fraction of sp³-hybridized carbons (Fsp3) is 0.600. The van der Waals surface area contributed by atoms with Crippen LogP contribution in [-0.4, -0.2) is 13.2 Å². The molecule has 0 unspecified atom stereocenters. The number of unbranched alkanes of at least 4 members (excludes halogenated alkanes) is 3. The Bertz CT molecular complexity index is 281. The Balaban J connectivity index is 2.14. The molecule has 1 aromatic rings. The van der Waals surface area contributed by atoms with E-state index in [-0.39, 0.29) is 0 Å². The molecule has 0 aliphatic heterocycles. The van der Waals surface area contributed by atoms with Gasteiger partial charge in [0.15, 0.2) is 0 Å². The fourth-order valence-corrected chi connectivity index (χ4v) is 1.78. The average Bonchev–Trinajstić information content (AvgIpc) is 2.36. The van der Waals surface area contributed by atoms with Crippen LogP contribution in [0.1, 0.15) is 45.1 Å². The number of hydrogen-bond donors (Lipinski definition) is 1. The molecule has 2 nitrogen and oxygen atoms in total. The highest BCUT2D eigenvalue weighted by atomic mass is 16.5. The van der Waals surface area contributed by atoms with Crippen LogP contribution in [0.3, 0.4) is 0 Å². The predicted molar refractivity (Wildman–Crippen MR) is 73.5 cm³/mol. The van der Waals surface area contributed by atoms with E-state index in [9.17, 15) is 0 Å². The molecule has 2 heteroatoms. The van der Waals surface area contributed by atoms with Gasteiger partial charge in [0, 0.05) is 6.54 Å². The van der Waals surface area contributed by atoms with Crippen molar-refractivity contribution in [1.29, 1.82) is 0 Å². The summed E-state index contributed by atoms with van der Waals surface area (Å²) < 4.78 is 5.41. The van der Waals surface area contributed by atoms with E-state index >= 15 is 0 Å². The second kappa shape index (κ2) is 9.06. The number of benzene rings is 1. The lowest BCUT2D eigenvalue weighted by molar-refractivity contribution is 0.340. The molecule has 0 atom stereocenters. The van der Waals surface area contributed by atoms with E-state index in [1.807, 2.05) is 19.1 Å². The topological polar surface area (TPSA) is 21.3 Å². The summed E-state index contributed by atoms with van der Waals surface area (Å²) in [5.74, 6) is 0.958. The van der Waals surface area contributed by atoms with Crippen LogP contribution in [0, 0.1) is 0 Å². The highest BCUT2D eigenvalue weighted by molar-refractivity contribution is 5.27. The number of hydrogen-bond acceptors (Lipinski definition) is 2. The number of nitrogens with one attached hydrogen (secondary N) is 1. The maximum absolute atomic E-state index is 5.41. The van der Waals surface area contributed by atoms with Crippen molar-refractivity contribution in [1.82, 2.24) is 5.32 Å². The van der Waals surface area contributed by atoms with Crippen molar-refractivity contribution in [2.45, 2.75) is 46.1 Å². The lowest BCUT2D eigenvalue weighted by Crippen LogP contribution is -2.14. The second-order valence-electron chi connectivity index (χ2n) is 4.31. The van der Waals surface area contributed by atoms with Gasteiger partial charge in [-0.05, 0) is 37.6 Å². The molecule has 1 N–H and O–H groups in total. The van der Waals surface area contributed by atoms with Crippen LogP contribution < -0.4 is 10.1 Å². The molecule has 0 radical (unpaired) electrons. The minimum atomic E-state index is 0.731. The van der Waals surface area contributed by atoms with Crippen LogP contribution in [0.4, 0.5) is 0 Å². The summed E-state index contributed by atoms with van der Waals surface area (Å²) in [5, 5.41) is 3.47. The summed E-state index contributed by atoms with van der Waals surface area (Å²) in [7, 11) is 0. The molecule has 0 saturated heterocycles. The van der Waals surface area contributed by atoms with Crippen LogP contribution in [0.5, 0.6) is 5.75 Å². The van der Waals surface area contributed by atoms with Crippen molar-refractivity contribution in [2.24, 2.45) is 0 Å². The molecule has 0 amide bonds. The Kier molecular flexibility index (Phi) is 7.48. The van der Waals surface area contributed by atoms with Gasteiger partial charge in [0.2, 0.25) is 0 Å². The third-order valence-corrected chi connectivity index (χ3v) is 2.77. The maximum atomic E-state index is 5.41. The first-order valence-electron chi connectivity index (χ1n) is 6.79. The monoisotopic (exact) mass is 235 g/mol. The van der Waals surface area contributed by atoms with Gasteiger partial charge in [0.1, 0.15) is 5.75 Å². The third kappa shape index (κ3) is 6.32. The quantitative estimate of drug-likeness (QED) is 0.658. The lowest BCUT2D eigenvalue weighted by atomic mass is 10.2. The van der Waals surface area contributed by atoms with Gasteiger partial charge in [-0.25, -0.2) is 0 Å². The highest BCUT2D eigenvalue weighted by Gasteiger charge is 1.94. The largest absolute Gasteiger partial charge is 0.494 e. The van der Waals surface area contributed by atoms with Crippen LogP contribution in [0.2, 0.25) is 0 Å². The SMILES string of the molecule is CCCCCCNCc1ccc(OCC)cc1. The minimum absolute atomic E-state index is 0.731. The minimum Gasteiger partial charge on any atom is -0.494 e. The average molecular weight is 235 g/mol. The van der Waals surface area contributed by atoms with Crippen molar-refractivity contribution in [3.05, 3.63) is 29.8 Å². The second-order valence-corrected chi connectivity index (χ2v) is 4.31. The molecule has 17 heavy (non-hydrogen) atoms. The van der Waals surface area contributed by atoms with Crippen molar-refractivity contribution < 1.29 is 4.74 Å². The molecule has 0 fully saturated rings. The zero-order chi connectivity index (χ0) is 12.3. The Morgan fingerprint density at radius 3 is 2.41 bits per heavy atom. The Labute approximate surface area is 105 Å². The molecule has 0 aromatic heterocycles. The zero-order valence-corrected chi connectivity index (χ0v) is 11.2. The summed E-state index contributed by atoms with van der Waals surface area (Å²) in [5.41, 5.74) is 1.32. The molecule has 1 rings (SSSR count). The van der Waals surface area contributed by atoms with Crippen LogP contribution >= 0.6 is 0 Å². The Hall–Kier alpha value is -1.02. The van der Waals surface area contributed by atoms with E-state index in [4.69, 9.17) is 4.74 Å². The normalized spacial score (nSPS) is 10.5. The van der Waals surface area contributed by atoms with E-state index in [0.717, 1.165) is 25.4 Å². The molecule has 0 bridgehead atoms. The molecule has 0 heterocycles. The lowest BCUT2D eigenvalue weighted by Gasteiger charge is -2.06. The van der Waals surface area contributed by atoms with E-state index in [1.54, 1.807) is 0 Å². The van der Waals surface area contributed by atoms with Gasteiger partial charge in [0.05, 0.1) is 6.61 Å². The van der Waals surface area contributed by atoms with Crippen molar-refractivity contribution >= 4 is 0 Å². The van der Waals surface area contributed by atoms with Gasteiger partial charge >= 0.3 is 0 Å². The van der Waals surface area contributed by atoms with Crippen molar-refractivity contribution in [3.8, 4) is 5.75 Å². The van der Waals surface area contributed by atoms with Gasteiger partial charge in [-0.1, -0.05) is 38.3 Å². The first kappa shape index (κ1) is 14.0. The van der Waals surface area contributed by atoms with Gasteiger partial charge in [-0.2, -0.15) is 0 Å². The standard InChI is InChI=1S/C15H25NO/c1-3-5-6-7-12-16-13-14-8-10-15(11-9-14)17-4-2/h8-11,16H,3-7,12-13H2,1-2H3. The van der Waals surface area contributed by atoms with E-state index in [1.165, 1.54) is 31.2 Å². The van der Waals surface area contributed by atoms with E-state index < -0.39 is 0 Å². The van der Waals surface area contributed by atoms with Gasteiger partial charge in [0.25, 0.3) is 0 Å². The van der Waals surface area contributed by atoms with E-state index in [0.29, 0.717) is 0 Å². The van der Waals surface area contributed by atoms with Crippen molar-refractivity contribution in [2.75, 3.05) is 13.2 Å². The molecular formula is C15H25NO. The Morgan fingerprint density at radius 1 is 1.00 bits per heavy atom. The highest BCUT2D eigenvalue weighted by Crippen LogP contribution is 2.11. The van der Waals surface area contributed by atoms with E-state index in [2.05, 4.69) is 24.4 Å². The van der Waals surface area contributed by atoms with Crippen molar-refractivity contribution in [3.63, 3.8) is 0 Å². The predicted octanol–water partition coefficient (Wildman–Crippen LogP) is 3.76. The zero-order valence-electron chi connectivity index (χ0n) is 11.2. The van der Waals surface area contributed by atoms with Crippen LogP contribution in [0.25, 0.3) is 0 Å². The van der Waals surface area contributed by atoms with Crippen LogP contribution in [-0.2, 0) is 6.54 Å². The molecule has 1 aromatic carbocycles. The van der Waals surface area contributed by atoms with Gasteiger partial charge < -0.3 is 10.1 Å². The number of rotatable bonds is 9. The molecule has 0 spiro atoms. The maximum Gasteiger partial charge on any atom is 0.119 e. The first-order valence-corrected chi connectivity index (χ1v) is 6.79. The summed E-state index contributed by atoms with van der Waals surface area (Å²) in [6, 6.07) is 8.34. The third-order valence-electron chi connectivity index (χ3n) is 2.77. The Morgan fingerprint density at radius 2 is 1.76 bits per heavy atom. The summed E-state index contributed by atoms with van der Waals surface area (Å²) in [6.07, 6.45) is 5.28. The van der Waals surface area contributed by atoms with Gasteiger partial charge in [-0.3, -0.25) is 0 Å². The first-order chi connectivity index (χ1) is 8.36. The molecule has 96 valence electrons.